The zero-order valence-electron chi connectivity index (χ0n) is 14.5. The highest BCUT2D eigenvalue weighted by atomic mass is 35.5. The molecule has 9 heteroatoms. The molecule has 0 radical (unpaired) electrons. The van der Waals surface area contributed by atoms with Crippen LogP contribution in [0, 0.1) is 10.1 Å². The largest absolute Gasteiger partial charge is 0.364 e. The van der Waals surface area contributed by atoms with E-state index >= 15 is 0 Å². The summed E-state index contributed by atoms with van der Waals surface area (Å²) >= 11 is 12.2. The third kappa shape index (κ3) is 4.87. The number of rotatable bonds is 7. The van der Waals surface area contributed by atoms with Crippen LogP contribution in [0.4, 0.5) is 23.0 Å². The van der Waals surface area contributed by atoms with Crippen molar-refractivity contribution in [2.75, 3.05) is 17.2 Å². The Hall–Kier alpha value is -2.38. The molecule has 1 aromatic carbocycles. The molecule has 1 aliphatic rings. The average molecular weight is 408 g/mol. The number of halogens is 2. The number of hydrogen-bond acceptors (Lipinski definition) is 6. The van der Waals surface area contributed by atoms with Gasteiger partial charge in [-0.2, -0.15) is 0 Å². The Labute approximate surface area is 167 Å². The van der Waals surface area contributed by atoms with E-state index in [4.69, 9.17) is 23.2 Å². The highest BCUT2D eigenvalue weighted by Gasteiger charge is 2.23. The SMILES string of the molecule is O=[N+]([O-])c1c(NCCC2=CCCCC2)ncnc1Nc1cccc(Cl)c1Cl. The van der Waals surface area contributed by atoms with Gasteiger partial charge >= 0.3 is 5.69 Å². The number of aromatic nitrogens is 2. The molecule has 7 nitrogen and oxygen atoms in total. The van der Waals surface area contributed by atoms with Crippen molar-refractivity contribution in [1.29, 1.82) is 0 Å². The van der Waals surface area contributed by atoms with E-state index < -0.39 is 4.92 Å². The number of allylic oxidation sites excluding steroid dienone is 1. The van der Waals surface area contributed by atoms with Crippen LogP contribution >= 0.6 is 23.2 Å². The summed E-state index contributed by atoms with van der Waals surface area (Å²) in [6, 6.07) is 5.00. The van der Waals surface area contributed by atoms with Crippen molar-refractivity contribution in [1.82, 2.24) is 9.97 Å². The van der Waals surface area contributed by atoms with Crippen LogP contribution in [0.5, 0.6) is 0 Å². The van der Waals surface area contributed by atoms with Gasteiger partial charge in [-0.25, -0.2) is 9.97 Å². The fraction of sp³-hybridized carbons (Fsp3) is 0.333. The van der Waals surface area contributed by atoms with Gasteiger partial charge in [-0.15, -0.1) is 0 Å². The number of nitrogens with one attached hydrogen (secondary N) is 2. The summed E-state index contributed by atoms with van der Waals surface area (Å²) in [6.07, 6.45) is 9.00. The first-order chi connectivity index (χ1) is 13.1. The molecule has 0 saturated heterocycles. The molecule has 27 heavy (non-hydrogen) atoms. The highest BCUT2D eigenvalue weighted by molar-refractivity contribution is 6.43. The Morgan fingerprint density at radius 1 is 1.19 bits per heavy atom. The topological polar surface area (TPSA) is 93.0 Å². The summed E-state index contributed by atoms with van der Waals surface area (Å²) in [4.78, 5) is 19.2. The summed E-state index contributed by atoms with van der Waals surface area (Å²) in [5.41, 5.74) is 1.59. The second-order valence-corrected chi connectivity index (χ2v) is 6.97. The Bertz CT molecular complexity index is 873. The molecule has 1 aliphatic carbocycles. The second-order valence-electron chi connectivity index (χ2n) is 6.19. The fourth-order valence-corrected chi connectivity index (χ4v) is 3.32. The summed E-state index contributed by atoms with van der Waals surface area (Å²) in [7, 11) is 0. The molecule has 1 heterocycles. The van der Waals surface area contributed by atoms with Gasteiger partial charge in [0.2, 0.25) is 11.6 Å². The monoisotopic (exact) mass is 407 g/mol. The van der Waals surface area contributed by atoms with Gasteiger partial charge in [-0.05, 0) is 44.2 Å². The lowest BCUT2D eigenvalue weighted by molar-refractivity contribution is -0.383. The maximum absolute atomic E-state index is 11.6. The molecule has 0 amide bonds. The lowest BCUT2D eigenvalue weighted by Crippen LogP contribution is -2.10. The minimum atomic E-state index is -0.511. The highest BCUT2D eigenvalue weighted by Crippen LogP contribution is 2.36. The smallest absolute Gasteiger partial charge is 0.353 e. The average Bonchev–Trinajstić information content (AvgIpc) is 2.66. The van der Waals surface area contributed by atoms with Gasteiger partial charge in [-0.3, -0.25) is 10.1 Å². The molecule has 0 unspecified atom stereocenters. The summed E-state index contributed by atoms with van der Waals surface area (Å²) in [5.74, 6) is 0.227. The predicted octanol–water partition coefficient (Wildman–Crippen LogP) is 5.74. The zero-order valence-corrected chi connectivity index (χ0v) is 16.1. The molecular formula is C18H19Cl2N5O2. The summed E-state index contributed by atoms with van der Waals surface area (Å²) in [5, 5.41) is 18.2. The van der Waals surface area contributed by atoms with E-state index in [-0.39, 0.29) is 22.3 Å². The lowest BCUT2D eigenvalue weighted by atomic mass is 9.97. The van der Waals surface area contributed by atoms with Gasteiger partial charge in [0.1, 0.15) is 6.33 Å². The Kier molecular flexibility index (Phi) is 6.47. The van der Waals surface area contributed by atoms with E-state index in [1.165, 1.54) is 24.7 Å². The molecule has 1 aromatic heterocycles. The van der Waals surface area contributed by atoms with Gasteiger partial charge in [0, 0.05) is 6.54 Å². The molecule has 3 rings (SSSR count). The first-order valence-corrected chi connectivity index (χ1v) is 9.44. The van der Waals surface area contributed by atoms with E-state index in [0.29, 0.717) is 17.3 Å². The van der Waals surface area contributed by atoms with Gasteiger partial charge < -0.3 is 10.6 Å². The minimum absolute atomic E-state index is 0.0542. The first kappa shape index (κ1) is 19.4. The van der Waals surface area contributed by atoms with E-state index in [0.717, 1.165) is 19.3 Å². The van der Waals surface area contributed by atoms with Crippen molar-refractivity contribution in [3.63, 3.8) is 0 Å². The van der Waals surface area contributed by atoms with Crippen LogP contribution in [0.3, 0.4) is 0 Å². The Morgan fingerprint density at radius 3 is 2.74 bits per heavy atom. The quantitative estimate of drug-likeness (QED) is 0.345. The van der Waals surface area contributed by atoms with E-state index in [2.05, 4.69) is 26.7 Å². The van der Waals surface area contributed by atoms with Crippen LogP contribution in [0.2, 0.25) is 10.0 Å². The van der Waals surface area contributed by atoms with Crippen LogP contribution in [0.15, 0.2) is 36.2 Å². The van der Waals surface area contributed by atoms with Crippen LogP contribution in [0.1, 0.15) is 32.1 Å². The molecule has 0 aliphatic heterocycles. The number of anilines is 3. The van der Waals surface area contributed by atoms with Gasteiger partial charge in [-0.1, -0.05) is 40.9 Å². The van der Waals surface area contributed by atoms with E-state index in [1.54, 1.807) is 18.2 Å². The van der Waals surface area contributed by atoms with Crippen molar-refractivity contribution in [3.05, 3.63) is 56.3 Å². The molecule has 0 fully saturated rings. The molecule has 0 saturated carbocycles. The summed E-state index contributed by atoms with van der Waals surface area (Å²) in [6.45, 7) is 0.570. The predicted molar refractivity (Wildman–Crippen MR) is 108 cm³/mol. The lowest BCUT2D eigenvalue weighted by Gasteiger charge is -2.14. The van der Waals surface area contributed by atoms with E-state index in [9.17, 15) is 10.1 Å². The van der Waals surface area contributed by atoms with Crippen LogP contribution < -0.4 is 10.6 Å². The Morgan fingerprint density at radius 2 is 2.00 bits per heavy atom. The molecule has 0 bridgehead atoms. The number of nitrogens with zero attached hydrogens (tertiary/aromatic N) is 3. The number of nitro groups is 1. The van der Waals surface area contributed by atoms with E-state index in [1.807, 2.05) is 0 Å². The third-order valence-corrected chi connectivity index (χ3v) is 5.15. The van der Waals surface area contributed by atoms with Crippen LogP contribution in [0.25, 0.3) is 0 Å². The first-order valence-electron chi connectivity index (χ1n) is 8.68. The molecule has 0 spiro atoms. The van der Waals surface area contributed by atoms with Crippen molar-refractivity contribution < 1.29 is 4.92 Å². The maximum Gasteiger partial charge on any atom is 0.353 e. The molecule has 2 aromatic rings. The number of benzene rings is 1. The fourth-order valence-electron chi connectivity index (χ4n) is 2.97. The van der Waals surface area contributed by atoms with Crippen molar-refractivity contribution in [2.24, 2.45) is 0 Å². The molecule has 0 atom stereocenters. The molecule has 2 N–H and O–H groups in total. The summed E-state index contributed by atoms with van der Waals surface area (Å²) < 4.78 is 0. The van der Waals surface area contributed by atoms with Crippen molar-refractivity contribution in [2.45, 2.75) is 32.1 Å². The minimum Gasteiger partial charge on any atom is -0.364 e. The zero-order chi connectivity index (χ0) is 19.2. The molecule has 142 valence electrons. The van der Waals surface area contributed by atoms with Crippen molar-refractivity contribution >= 4 is 46.2 Å². The van der Waals surface area contributed by atoms with Crippen LogP contribution in [-0.2, 0) is 0 Å². The van der Waals surface area contributed by atoms with Crippen molar-refractivity contribution in [3.8, 4) is 0 Å². The van der Waals surface area contributed by atoms with Gasteiger partial charge in [0.15, 0.2) is 0 Å². The molecular weight excluding hydrogens is 389 g/mol. The van der Waals surface area contributed by atoms with Gasteiger partial charge in [0.05, 0.1) is 20.7 Å². The maximum atomic E-state index is 11.6. The number of hydrogen-bond donors (Lipinski definition) is 2. The third-order valence-electron chi connectivity index (χ3n) is 4.33. The Balaban J connectivity index is 1.78. The normalized spacial score (nSPS) is 13.8. The second kappa shape index (κ2) is 9.01. The van der Waals surface area contributed by atoms with Gasteiger partial charge in [0.25, 0.3) is 0 Å². The van der Waals surface area contributed by atoms with Crippen LogP contribution in [-0.4, -0.2) is 21.4 Å². The standard InChI is InChI=1S/C18H19Cl2N5O2/c19-13-7-4-8-14(15(13)20)24-18-16(25(26)27)17(22-11-23-18)21-10-9-12-5-2-1-3-6-12/h4-5,7-8,11H,1-3,6,9-10H2,(H2,21,22,23,24).